The summed E-state index contributed by atoms with van der Waals surface area (Å²) in [6, 6.07) is 12.9. The van der Waals surface area contributed by atoms with Crippen LogP contribution in [0, 0.1) is 0 Å². The molecule has 2 aromatic rings. The zero-order chi connectivity index (χ0) is 16.2. The van der Waals surface area contributed by atoms with Gasteiger partial charge in [-0.1, -0.05) is 24.8 Å². The molecule has 0 aliphatic carbocycles. The lowest BCUT2D eigenvalue weighted by Gasteiger charge is -2.07. The van der Waals surface area contributed by atoms with Crippen LogP contribution in [0.5, 0.6) is 5.75 Å². The Bertz CT molecular complexity index is 778. The maximum atomic E-state index is 12.0. The van der Waals surface area contributed by atoms with Gasteiger partial charge in [0, 0.05) is 5.69 Å². The van der Waals surface area contributed by atoms with Gasteiger partial charge in [0.2, 0.25) is 10.0 Å². The molecule has 0 saturated carbocycles. The van der Waals surface area contributed by atoms with E-state index in [9.17, 15) is 13.2 Å². The highest BCUT2D eigenvalue weighted by Crippen LogP contribution is 2.18. The van der Waals surface area contributed by atoms with Crippen molar-refractivity contribution in [2.24, 2.45) is 0 Å². The Kier molecular flexibility index (Phi) is 4.62. The Balaban J connectivity index is 2.06. The first-order valence-corrected chi connectivity index (χ1v) is 8.29. The topological polar surface area (TPSA) is 72.5 Å². The first-order chi connectivity index (χ1) is 10.4. The van der Waals surface area contributed by atoms with E-state index < -0.39 is 16.0 Å². The smallest absolute Gasteiger partial charge is 0.343 e. The minimum atomic E-state index is -3.33. The normalized spacial score (nSPS) is 10.8. The first-order valence-electron chi connectivity index (χ1n) is 6.40. The number of ether oxygens (including phenoxy) is 1. The predicted molar refractivity (Wildman–Crippen MR) is 86.4 cm³/mol. The van der Waals surface area contributed by atoms with Crippen LogP contribution in [0.4, 0.5) is 5.69 Å². The van der Waals surface area contributed by atoms with E-state index in [4.69, 9.17) is 4.74 Å². The number of esters is 1. The zero-order valence-electron chi connectivity index (χ0n) is 11.9. The van der Waals surface area contributed by atoms with E-state index in [0.717, 1.165) is 11.8 Å². The molecule has 2 rings (SSSR count). The van der Waals surface area contributed by atoms with Crippen LogP contribution in [0.25, 0.3) is 6.08 Å². The molecule has 0 fully saturated rings. The van der Waals surface area contributed by atoms with E-state index in [1.54, 1.807) is 30.3 Å². The fourth-order valence-corrected chi connectivity index (χ4v) is 2.29. The maximum absolute atomic E-state index is 12.0. The Labute approximate surface area is 129 Å². The van der Waals surface area contributed by atoms with Crippen molar-refractivity contribution in [3.8, 4) is 5.75 Å². The second kappa shape index (κ2) is 6.44. The molecule has 0 amide bonds. The van der Waals surface area contributed by atoms with E-state index in [2.05, 4.69) is 11.3 Å². The molecule has 0 aliphatic heterocycles. The lowest BCUT2D eigenvalue weighted by molar-refractivity contribution is 0.0735. The fraction of sp³-hybridized carbons (Fsp3) is 0.0625. The summed E-state index contributed by atoms with van der Waals surface area (Å²) in [7, 11) is -3.33. The van der Waals surface area contributed by atoms with Gasteiger partial charge in [-0.25, -0.2) is 13.2 Å². The molecule has 0 bridgehead atoms. The van der Waals surface area contributed by atoms with Crippen molar-refractivity contribution in [2.75, 3.05) is 11.0 Å². The van der Waals surface area contributed by atoms with Crippen LogP contribution in [-0.4, -0.2) is 20.6 Å². The Morgan fingerprint density at radius 1 is 1.09 bits per heavy atom. The molecule has 1 N–H and O–H groups in total. The van der Waals surface area contributed by atoms with Crippen molar-refractivity contribution in [2.45, 2.75) is 0 Å². The molecule has 0 spiro atoms. The quantitative estimate of drug-likeness (QED) is 0.680. The summed E-state index contributed by atoms with van der Waals surface area (Å²) >= 11 is 0. The monoisotopic (exact) mass is 317 g/mol. The lowest BCUT2D eigenvalue weighted by atomic mass is 10.1. The van der Waals surface area contributed by atoms with E-state index >= 15 is 0 Å². The standard InChI is InChI=1S/C16H15NO4S/c1-3-12-4-6-13(7-5-12)16(18)21-15-10-8-14(9-11-15)17-22(2,19)20/h3-11,17H,1H2,2H3. The van der Waals surface area contributed by atoms with E-state index in [1.807, 2.05) is 0 Å². The summed E-state index contributed by atoms with van der Waals surface area (Å²) < 4.78 is 29.7. The molecule has 0 aromatic heterocycles. The first kappa shape index (κ1) is 15.8. The summed E-state index contributed by atoms with van der Waals surface area (Å²) in [5.41, 5.74) is 1.73. The summed E-state index contributed by atoms with van der Waals surface area (Å²) in [5, 5.41) is 0. The Morgan fingerprint density at radius 3 is 2.18 bits per heavy atom. The molecule has 0 atom stereocenters. The number of anilines is 1. The SMILES string of the molecule is C=Cc1ccc(C(=O)Oc2ccc(NS(C)(=O)=O)cc2)cc1. The second-order valence-electron chi connectivity index (χ2n) is 4.61. The van der Waals surface area contributed by atoms with Gasteiger partial charge >= 0.3 is 5.97 Å². The summed E-state index contributed by atoms with van der Waals surface area (Å²) in [4.78, 5) is 12.0. The van der Waals surface area contributed by atoms with Crippen molar-refractivity contribution in [1.82, 2.24) is 0 Å². The van der Waals surface area contributed by atoms with Crippen LogP contribution in [0.1, 0.15) is 15.9 Å². The third-order valence-corrected chi connectivity index (χ3v) is 3.36. The van der Waals surface area contributed by atoms with Gasteiger partial charge in [-0.2, -0.15) is 0 Å². The Hall–Kier alpha value is -2.60. The zero-order valence-corrected chi connectivity index (χ0v) is 12.8. The molecule has 114 valence electrons. The van der Waals surface area contributed by atoms with E-state index in [-0.39, 0.29) is 0 Å². The molecule has 0 radical (unpaired) electrons. The minimum absolute atomic E-state index is 0.330. The van der Waals surface area contributed by atoms with Gasteiger partial charge in [-0.3, -0.25) is 4.72 Å². The van der Waals surface area contributed by atoms with Gasteiger partial charge in [-0.05, 0) is 42.0 Å². The molecule has 0 heterocycles. The van der Waals surface area contributed by atoms with Crippen LogP contribution in [0.3, 0.4) is 0 Å². The molecular weight excluding hydrogens is 302 g/mol. The van der Waals surface area contributed by atoms with Crippen molar-refractivity contribution in [3.63, 3.8) is 0 Å². The van der Waals surface area contributed by atoms with Gasteiger partial charge in [-0.15, -0.1) is 0 Å². The predicted octanol–water partition coefficient (Wildman–Crippen LogP) is 2.92. The minimum Gasteiger partial charge on any atom is -0.423 e. The van der Waals surface area contributed by atoms with Crippen molar-refractivity contribution in [1.29, 1.82) is 0 Å². The number of hydrogen-bond acceptors (Lipinski definition) is 4. The van der Waals surface area contributed by atoms with E-state index in [0.29, 0.717) is 17.0 Å². The van der Waals surface area contributed by atoms with Gasteiger partial charge < -0.3 is 4.74 Å². The highest BCUT2D eigenvalue weighted by Gasteiger charge is 2.08. The average Bonchev–Trinajstić information content (AvgIpc) is 2.48. The summed E-state index contributed by atoms with van der Waals surface area (Å²) in [6.07, 6.45) is 2.75. The van der Waals surface area contributed by atoms with Gasteiger partial charge in [0.1, 0.15) is 5.75 Å². The van der Waals surface area contributed by atoms with E-state index in [1.165, 1.54) is 24.3 Å². The van der Waals surface area contributed by atoms with Crippen LogP contribution in [0.2, 0.25) is 0 Å². The molecule has 0 saturated heterocycles. The highest BCUT2D eigenvalue weighted by molar-refractivity contribution is 7.92. The van der Waals surface area contributed by atoms with Crippen molar-refractivity contribution < 1.29 is 17.9 Å². The van der Waals surface area contributed by atoms with Gasteiger partial charge in [0.25, 0.3) is 0 Å². The molecule has 5 nitrogen and oxygen atoms in total. The second-order valence-corrected chi connectivity index (χ2v) is 6.36. The van der Waals surface area contributed by atoms with Crippen LogP contribution in [-0.2, 0) is 10.0 Å². The molecule has 0 aliphatic rings. The van der Waals surface area contributed by atoms with Gasteiger partial charge in [0.05, 0.1) is 11.8 Å². The lowest BCUT2D eigenvalue weighted by Crippen LogP contribution is -2.10. The third kappa shape index (κ3) is 4.46. The number of benzene rings is 2. The molecule has 22 heavy (non-hydrogen) atoms. The molecule has 0 unspecified atom stereocenters. The molecular formula is C16H15NO4S. The number of hydrogen-bond donors (Lipinski definition) is 1. The third-order valence-electron chi connectivity index (χ3n) is 2.75. The number of rotatable bonds is 5. The maximum Gasteiger partial charge on any atom is 0.343 e. The van der Waals surface area contributed by atoms with Crippen LogP contribution >= 0.6 is 0 Å². The Morgan fingerprint density at radius 2 is 1.68 bits per heavy atom. The number of sulfonamides is 1. The highest BCUT2D eigenvalue weighted by atomic mass is 32.2. The fourth-order valence-electron chi connectivity index (χ4n) is 1.73. The van der Waals surface area contributed by atoms with Crippen LogP contribution < -0.4 is 9.46 Å². The average molecular weight is 317 g/mol. The summed E-state index contributed by atoms with van der Waals surface area (Å²) in [6.45, 7) is 3.64. The van der Waals surface area contributed by atoms with Gasteiger partial charge in [0.15, 0.2) is 0 Å². The van der Waals surface area contributed by atoms with Crippen LogP contribution in [0.15, 0.2) is 55.1 Å². The van der Waals surface area contributed by atoms with Crippen molar-refractivity contribution >= 4 is 27.8 Å². The largest absolute Gasteiger partial charge is 0.423 e. The van der Waals surface area contributed by atoms with Crippen molar-refractivity contribution in [3.05, 3.63) is 66.2 Å². The number of carbonyl (C=O) groups is 1. The number of carbonyl (C=O) groups excluding carboxylic acids is 1. The summed E-state index contributed by atoms with van der Waals surface area (Å²) in [5.74, 6) is -0.156. The number of nitrogens with one attached hydrogen (secondary N) is 1. The molecule has 2 aromatic carbocycles. The molecule has 6 heteroatoms.